The first-order valence-corrected chi connectivity index (χ1v) is 7.41. The molecule has 1 aliphatic heterocycles. The third-order valence-corrected chi connectivity index (χ3v) is 5.99. The van der Waals surface area contributed by atoms with E-state index in [1.54, 1.807) is 0 Å². The van der Waals surface area contributed by atoms with Gasteiger partial charge >= 0.3 is 0 Å². The van der Waals surface area contributed by atoms with Crippen molar-refractivity contribution < 1.29 is 4.74 Å². The first kappa shape index (κ1) is 13.1. The first-order valence-electron chi connectivity index (χ1n) is 7.41. The van der Waals surface area contributed by atoms with E-state index in [2.05, 4.69) is 32.9 Å². The van der Waals surface area contributed by atoms with E-state index in [1.165, 1.54) is 41.5 Å². The van der Waals surface area contributed by atoms with E-state index >= 15 is 0 Å². The summed E-state index contributed by atoms with van der Waals surface area (Å²) in [6.07, 6.45) is 3.85. The molecule has 19 heavy (non-hydrogen) atoms. The number of rotatable bonds is 3. The van der Waals surface area contributed by atoms with Crippen LogP contribution in [0.25, 0.3) is 0 Å². The monoisotopic (exact) mass is 259 g/mol. The minimum Gasteiger partial charge on any atom is -0.379 e. The van der Waals surface area contributed by atoms with Gasteiger partial charge in [-0.15, -0.1) is 0 Å². The van der Waals surface area contributed by atoms with Crippen molar-refractivity contribution >= 4 is 0 Å². The van der Waals surface area contributed by atoms with Gasteiger partial charge in [-0.25, -0.2) is 0 Å². The van der Waals surface area contributed by atoms with Crippen molar-refractivity contribution in [3.63, 3.8) is 0 Å². The highest BCUT2D eigenvalue weighted by molar-refractivity contribution is 5.46. The number of hydrogen-bond donors (Lipinski definition) is 1. The van der Waals surface area contributed by atoms with Crippen LogP contribution < -0.4 is 5.73 Å². The van der Waals surface area contributed by atoms with Crippen LogP contribution in [0.3, 0.4) is 0 Å². The van der Waals surface area contributed by atoms with Crippen LogP contribution in [0.5, 0.6) is 0 Å². The smallest absolute Gasteiger partial charge is 0.0591 e. The second kappa shape index (κ2) is 4.32. The fourth-order valence-electron chi connectivity index (χ4n) is 4.01. The Labute approximate surface area is 116 Å². The molecule has 1 aliphatic carbocycles. The Morgan fingerprint density at radius 2 is 1.79 bits per heavy atom. The Morgan fingerprint density at radius 1 is 1.11 bits per heavy atom. The highest BCUT2D eigenvalue weighted by Crippen LogP contribution is 2.58. The molecule has 1 heterocycles. The lowest BCUT2D eigenvalue weighted by molar-refractivity contribution is -0.154. The molecule has 3 rings (SSSR count). The minimum atomic E-state index is 0.183. The van der Waals surface area contributed by atoms with Crippen LogP contribution in [-0.2, 0) is 10.2 Å². The van der Waals surface area contributed by atoms with E-state index in [9.17, 15) is 0 Å². The molecule has 0 aromatic heterocycles. The Balaban J connectivity index is 2.11. The predicted molar refractivity (Wildman–Crippen MR) is 78.5 cm³/mol. The van der Waals surface area contributed by atoms with Gasteiger partial charge in [-0.2, -0.15) is 0 Å². The molecular formula is C17H25NO. The maximum Gasteiger partial charge on any atom is 0.0591 e. The maximum atomic E-state index is 6.16. The molecule has 2 heteroatoms. The van der Waals surface area contributed by atoms with E-state index in [0.29, 0.717) is 0 Å². The van der Waals surface area contributed by atoms with Crippen LogP contribution >= 0.6 is 0 Å². The van der Waals surface area contributed by atoms with Gasteiger partial charge in [0.1, 0.15) is 0 Å². The Bertz CT molecular complexity index is 493. The lowest BCUT2D eigenvalue weighted by Crippen LogP contribution is -2.64. The summed E-state index contributed by atoms with van der Waals surface area (Å²) in [5.41, 5.74) is 12.4. The van der Waals surface area contributed by atoms with Gasteiger partial charge in [-0.05, 0) is 67.8 Å². The molecule has 0 bridgehead atoms. The van der Waals surface area contributed by atoms with Crippen LogP contribution in [0.15, 0.2) is 12.1 Å². The quantitative estimate of drug-likeness (QED) is 0.905. The molecular weight excluding hydrogens is 234 g/mol. The Morgan fingerprint density at radius 3 is 2.21 bits per heavy atom. The largest absolute Gasteiger partial charge is 0.379 e. The summed E-state index contributed by atoms with van der Waals surface area (Å²) in [6.45, 7) is 9.19. The van der Waals surface area contributed by atoms with Gasteiger partial charge in [0, 0.05) is 5.41 Å². The van der Waals surface area contributed by atoms with Crippen molar-refractivity contribution in [1.82, 2.24) is 0 Å². The molecule has 0 amide bonds. The van der Waals surface area contributed by atoms with Gasteiger partial charge in [0.25, 0.3) is 0 Å². The minimum absolute atomic E-state index is 0.183. The van der Waals surface area contributed by atoms with E-state index in [1.807, 2.05) is 0 Å². The second-order valence-corrected chi connectivity index (χ2v) is 6.59. The third-order valence-electron chi connectivity index (χ3n) is 5.99. The zero-order chi connectivity index (χ0) is 13.7. The number of aryl methyl sites for hydroxylation is 1. The highest BCUT2D eigenvalue weighted by atomic mass is 16.5. The number of hydrogen-bond acceptors (Lipinski definition) is 2. The Hall–Kier alpha value is -0.860. The second-order valence-electron chi connectivity index (χ2n) is 6.59. The molecule has 0 radical (unpaired) electrons. The average Bonchev–Trinajstić information content (AvgIpc) is 2.30. The van der Waals surface area contributed by atoms with Crippen LogP contribution in [0.1, 0.15) is 41.5 Å². The van der Waals surface area contributed by atoms with E-state index in [4.69, 9.17) is 10.5 Å². The lowest BCUT2D eigenvalue weighted by Gasteiger charge is -2.60. The molecule has 1 aromatic rings. The van der Waals surface area contributed by atoms with E-state index in [-0.39, 0.29) is 10.8 Å². The molecule has 1 aromatic carbocycles. The fourth-order valence-corrected chi connectivity index (χ4v) is 4.01. The van der Waals surface area contributed by atoms with Gasteiger partial charge in [-0.1, -0.05) is 18.6 Å². The van der Waals surface area contributed by atoms with Crippen molar-refractivity contribution in [2.24, 2.45) is 11.1 Å². The van der Waals surface area contributed by atoms with Gasteiger partial charge < -0.3 is 10.5 Å². The number of benzene rings is 1. The third kappa shape index (κ3) is 1.56. The van der Waals surface area contributed by atoms with E-state index < -0.39 is 0 Å². The molecule has 2 N–H and O–H groups in total. The Kier molecular flexibility index (Phi) is 2.99. The topological polar surface area (TPSA) is 35.2 Å². The van der Waals surface area contributed by atoms with Crippen LogP contribution in [0, 0.1) is 26.2 Å². The zero-order valence-corrected chi connectivity index (χ0v) is 12.4. The van der Waals surface area contributed by atoms with Crippen LogP contribution in [0.2, 0.25) is 0 Å². The zero-order valence-electron chi connectivity index (χ0n) is 12.4. The molecule has 104 valence electrons. The predicted octanol–water partition coefficient (Wildman–Crippen LogP) is 3.01. The number of ether oxygens (including phenoxy) is 1. The fraction of sp³-hybridized carbons (Fsp3) is 0.647. The van der Waals surface area contributed by atoms with Crippen molar-refractivity contribution in [1.29, 1.82) is 0 Å². The van der Waals surface area contributed by atoms with Gasteiger partial charge in [0.15, 0.2) is 0 Å². The van der Waals surface area contributed by atoms with Crippen molar-refractivity contribution in [3.8, 4) is 0 Å². The standard InChI is InChI=1S/C17H25NO/c1-12-5-6-15(14(3)13(12)2)17(10-19-11-17)16(9-18)7-4-8-16/h5-6H,4,7-11,18H2,1-3H3. The molecule has 0 unspecified atom stereocenters. The lowest BCUT2D eigenvalue weighted by atomic mass is 9.49. The summed E-state index contributed by atoms with van der Waals surface area (Å²) in [6, 6.07) is 4.59. The van der Waals surface area contributed by atoms with Crippen LogP contribution in [0.4, 0.5) is 0 Å². The van der Waals surface area contributed by atoms with Gasteiger partial charge in [0.2, 0.25) is 0 Å². The normalized spacial score (nSPS) is 23.6. The first-order chi connectivity index (χ1) is 9.06. The van der Waals surface area contributed by atoms with Crippen molar-refractivity contribution in [2.75, 3.05) is 19.8 Å². The maximum absolute atomic E-state index is 6.16. The summed E-state index contributed by atoms with van der Waals surface area (Å²) in [7, 11) is 0. The molecule has 0 atom stereocenters. The molecule has 1 saturated carbocycles. The molecule has 0 spiro atoms. The van der Waals surface area contributed by atoms with Gasteiger partial charge in [-0.3, -0.25) is 0 Å². The SMILES string of the molecule is Cc1ccc(C2(C3(CN)CCC3)COC2)c(C)c1C. The summed E-state index contributed by atoms with van der Waals surface area (Å²) in [5.74, 6) is 0. The molecule has 2 fully saturated rings. The van der Waals surface area contributed by atoms with Crippen molar-refractivity contribution in [3.05, 3.63) is 34.4 Å². The summed E-state index contributed by atoms with van der Waals surface area (Å²) in [4.78, 5) is 0. The molecule has 2 aliphatic rings. The summed E-state index contributed by atoms with van der Waals surface area (Å²) < 4.78 is 5.65. The molecule has 2 nitrogen and oxygen atoms in total. The summed E-state index contributed by atoms with van der Waals surface area (Å²) >= 11 is 0. The number of nitrogens with two attached hydrogens (primary N) is 1. The highest BCUT2D eigenvalue weighted by Gasteiger charge is 2.59. The van der Waals surface area contributed by atoms with E-state index in [0.717, 1.165) is 19.8 Å². The average molecular weight is 259 g/mol. The van der Waals surface area contributed by atoms with Crippen LogP contribution in [-0.4, -0.2) is 19.8 Å². The van der Waals surface area contributed by atoms with Crippen molar-refractivity contribution in [2.45, 2.75) is 45.4 Å². The molecule has 1 saturated heterocycles. The summed E-state index contributed by atoms with van der Waals surface area (Å²) in [5, 5.41) is 0. The van der Waals surface area contributed by atoms with Gasteiger partial charge in [0.05, 0.1) is 13.2 Å².